The van der Waals surface area contributed by atoms with E-state index in [1.54, 1.807) is 0 Å². The molecule has 0 bridgehead atoms. The van der Waals surface area contributed by atoms with Gasteiger partial charge in [0.1, 0.15) is 0 Å². The average molecular weight is 192 g/mol. The largest absolute Gasteiger partial charge is 0.164 e. The molecule has 0 aliphatic heterocycles. The van der Waals surface area contributed by atoms with Gasteiger partial charge in [-0.25, -0.2) is 0 Å². The van der Waals surface area contributed by atoms with Crippen molar-refractivity contribution in [3.63, 3.8) is 0 Å². The maximum Gasteiger partial charge on any atom is 0.0163 e. The standard InChI is InChI=1S/C9H20S2/c1-7(2)9(6-10-5)11-8(3)4/h7-9H,6H2,1-5H3. The summed E-state index contributed by atoms with van der Waals surface area (Å²) in [5, 5.41) is 1.61. The summed E-state index contributed by atoms with van der Waals surface area (Å²) in [7, 11) is 0. The van der Waals surface area contributed by atoms with Crippen LogP contribution in [0.1, 0.15) is 27.7 Å². The molecule has 0 spiro atoms. The molecule has 0 fully saturated rings. The molecule has 0 saturated heterocycles. The van der Waals surface area contributed by atoms with Crippen molar-refractivity contribution in [3.8, 4) is 0 Å². The normalized spacial score (nSPS) is 14.5. The molecule has 1 unspecified atom stereocenters. The number of thioether (sulfide) groups is 2. The summed E-state index contributed by atoms with van der Waals surface area (Å²) in [5.41, 5.74) is 0. The van der Waals surface area contributed by atoms with E-state index in [0.29, 0.717) is 0 Å². The highest BCUT2D eigenvalue weighted by atomic mass is 32.2. The Morgan fingerprint density at radius 2 is 1.64 bits per heavy atom. The highest BCUT2D eigenvalue weighted by molar-refractivity contribution is 8.03. The van der Waals surface area contributed by atoms with Crippen LogP contribution in [0.15, 0.2) is 0 Å². The Morgan fingerprint density at radius 3 is 1.91 bits per heavy atom. The maximum absolute atomic E-state index is 2.32. The minimum atomic E-state index is 0.773. The molecular weight excluding hydrogens is 172 g/mol. The molecule has 0 aromatic rings. The van der Waals surface area contributed by atoms with E-state index in [-0.39, 0.29) is 0 Å². The first-order valence-corrected chi connectivity index (χ1v) is 6.56. The minimum absolute atomic E-state index is 0.773. The summed E-state index contributed by atoms with van der Waals surface area (Å²) in [4.78, 5) is 0. The fraction of sp³-hybridized carbons (Fsp3) is 1.00. The van der Waals surface area contributed by atoms with Gasteiger partial charge in [-0.3, -0.25) is 0 Å². The highest BCUT2D eigenvalue weighted by Crippen LogP contribution is 2.26. The van der Waals surface area contributed by atoms with Gasteiger partial charge >= 0.3 is 0 Å². The van der Waals surface area contributed by atoms with Crippen molar-refractivity contribution in [3.05, 3.63) is 0 Å². The lowest BCUT2D eigenvalue weighted by Gasteiger charge is -2.21. The third kappa shape index (κ3) is 5.92. The van der Waals surface area contributed by atoms with Crippen LogP contribution in [0.2, 0.25) is 0 Å². The van der Waals surface area contributed by atoms with Crippen LogP contribution >= 0.6 is 23.5 Å². The molecule has 1 atom stereocenters. The molecule has 0 nitrogen and oxygen atoms in total. The number of hydrogen-bond acceptors (Lipinski definition) is 2. The predicted octanol–water partition coefficient (Wildman–Crippen LogP) is 3.52. The Balaban J connectivity index is 3.69. The second-order valence-electron chi connectivity index (χ2n) is 3.42. The Kier molecular flexibility index (Phi) is 6.64. The Bertz CT molecular complexity index is 89.6. The minimum Gasteiger partial charge on any atom is -0.164 e. The smallest absolute Gasteiger partial charge is 0.0163 e. The van der Waals surface area contributed by atoms with Crippen LogP contribution in [0.25, 0.3) is 0 Å². The topological polar surface area (TPSA) is 0 Å². The van der Waals surface area contributed by atoms with Crippen molar-refractivity contribution in [2.45, 2.75) is 38.2 Å². The van der Waals surface area contributed by atoms with Crippen LogP contribution in [0, 0.1) is 5.92 Å². The fourth-order valence-electron chi connectivity index (χ4n) is 0.903. The van der Waals surface area contributed by atoms with E-state index in [2.05, 4.69) is 45.7 Å². The van der Waals surface area contributed by atoms with Gasteiger partial charge in [-0.05, 0) is 17.4 Å². The van der Waals surface area contributed by atoms with E-state index in [0.717, 1.165) is 16.4 Å². The summed E-state index contributed by atoms with van der Waals surface area (Å²) in [5.74, 6) is 2.11. The van der Waals surface area contributed by atoms with Gasteiger partial charge in [0.25, 0.3) is 0 Å². The van der Waals surface area contributed by atoms with E-state index < -0.39 is 0 Å². The van der Waals surface area contributed by atoms with Gasteiger partial charge in [0.2, 0.25) is 0 Å². The van der Waals surface area contributed by atoms with Gasteiger partial charge in [0.05, 0.1) is 0 Å². The second-order valence-corrected chi connectivity index (χ2v) is 6.15. The van der Waals surface area contributed by atoms with Gasteiger partial charge in [0, 0.05) is 11.0 Å². The molecule has 0 heterocycles. The molecule has 0 aromatic heterocycles. The van der Waals surface area contributed by atoms with Crippen molar-refractivity contribution >= 4 is 23.5 Å². The first kappa shape index (κ1) is 11.7. The fourth-order valence-corrected chi connectivity index (χ4v) is 3.35. The lowest BCUT2D eigenvalue weighted by atomic mass is 10.1. The molecule has 0 aliphatic carbocycles. The van der Waals surface area contributed by atoms with E-state index in [4.69, 9.17) is 0 Å². The average Bonchev–Trinajstić information content (AvgIpc) is 1.86. The van der Waals surface area contributed by atoms with Crippen LogP contribution in [-0.2, 0) is 0 Å². The summed E-state index contributed by atoms with van der Waals surface area (Å²) >= 11 is 4.07. The first-order chi connectivity index (χ1) is 5.07. The molecule has 68 valence electrons. The summed E-state index contributed by atoms with van der Waals surface area (Å²) in [6, 6.07) is 0. The first-order valence-electron chi connectivity index (χ1n) is 4.22. The van der Waals surface area contributed by atoms with Crippen molar-refractivity contribution in [1.29, 1.82) is 0 Å². The summed E-state index contributed by atoms with van der Waals surface area (Å²) < 4.78 is 0. The van der Waals surface area contributed by atoms with Crippen LogP contribution in [0.3, 0.4) is 0 Å². The lowest BCUT2D eigenvalue weighted by Crippen LogP contribution is -2.16. The second kappa shape index (κ2) is 6.24. The van der Waals surface area contributed by atoms with Crippen LogP contribution in [0.5, 0.6) is 0 Å². The molecule has 11 heavy (non-hydrogen) atoms. The van der Waals surface area contributed by atoms with E-state index in [1.807, 2.05) is 11.8 Å². The monoisotopic (exact) mass is 192 g/mol. The van der Waals surface area contributed by atoms with Gasteiger partial charge in [-0.15, -0.1) is 0 Å². The van der Waals surface area contributed by atoms with Crippen LogP contribution < -0.4 is 0 Å². The van der Waals surface area contributed by atoms with Gasteiger partial charge < -0.3 is 0 Å². The predicted molar refractivity (Wildman–Crippen MR) is 59.7 cm³/mol. The van der Waals surface area contributed by atoms with E-state index in [9.17, 15) is 0 Å². The van der Waals surface area contributed by atoms with Crippen molar-refractivity contribution in [1.82, 2.24) is 0 Å². The zero-order valence-electron chi connectivity index (χ0n) is 8.26. The third-order valence-corrected chi connectivity index (χ3v) is 4.03. The van der Waals surface area contributed by atoms with Gasteiger partial charge in [-0.2, -0.15) is 23.5 Å². The SMILES string of the molecule is CSCC(SC(C)C)C(C)C. The van der Waals surface area contributed by atoms with Crippen molar-refractivity contribution < 1.29 is 0 Å². The van der Waals surface area contributed by atoms with Crippen molar-refractivity contribution in [2.75, 3.05) is 12.0 Å². The summed E-state index contributed by atoms with van der Waals surface area (Å²) in [6.07, 6.45) is 2.19. The molecular formula is C9H20S2. The van der Waals surface area contributed by atoms with Gasteiger partial charge in [0.15, 0.2) is 0 Å². The third-order valence-electron chi connectivity index (χ3n) is 1.52. The zero-order valence-corrected chi connectivity index (χ0v) is 9.89. The van der Waals surface area contributed by atoms with Crippen LogP contribution in [0.4, 0.5) is 0 Å². The molecule has 0 N–H and O–H groups in total. The lowest BCUT2D eigenvalue weighted by molar-refractivity contribution is 0.646. The highest BCUT2D eigenvalue weighted by Gasteiger charge is 2.14. The van der Waals surface area contributed by atoms with Crippen LogP contribution in [-0.4, -0.2) is 22.5 Å². The Hall–Kier alpha value is 0.700. The Morgan fingerprint density at radius 1 is 1.09 bits per heavy atom. The number of hydrogen-bond donors (Lipinski definition) is 0. The molecule has 0 aliphatic rings. The zero-order chi connectivity index (χ0) is 8.85. The molecule has 0 amide bonds. The maximum atomic E-state index is 2.32. The van der Waals surface area contributed by atoms with Gasteiger partial charge in [-0.1, -0.05) is 27.7 Å². The number of rotatable bonds is 5. The molecule has 2 heteroatoms. The molecule has 0 saturated carbocycles. The Labute approximate surface area is 79.9 Å². The van der Waals surface area contributed by atoms with E-state index in [1.165, 1.54) is 5.75 Å². The molecule has 0 radical (unpaired) electrons. The summed E-state index contributed by atoms with van der Waals surface area (Å²) in [6.45, 7) is 9.19. The molecule has 0 rings (SSSR count). The van der Waals surface area contributed by atoms with Crippen molar-refractivity contribution in [2.24, 2.45) is 5.92 Å². The quantitative estimate of drug-likeness (QED) is 0.654. The van der Waals surface area contributed by atoms with E-state index >= 15 is 0 Å². The molecule has 0 aromatic carbocycles.